The molecule has 0 aliphatic rings. The van der Waals surface area contributed by atoms with Gasteiger partial charge in [-0.1, -0.05) is 29.8 Å². The Hall–Kier alpha value is -2.58. The molecule has 0 aliphatic carbocycles. The van der Waals surface area contributed by atoms with Crippen LogP contribution in [0.5, 0.6) is 5.75 Å². The van der Waals surface area contributed by atoms with Gasteiger partial charge < -0.3 is 9.64 Å². The van der Waals surface area contributed by atoms with Crippen LogP contribution in [0.25, 0.3) is 0 Å². The fraction of sp³-hybridized carbons (Fsp3) is 0.176. The summed E-state index contributed by atoms with van der Waals surface area (Å²) in [6.45, 7) is -0.0768. The second kappa shape index (κ2) is 7.61. The summed E-state index contributed by atoms with van der Waals surface area (Å²) in [5.74, 6) is -0.352. The fourth-order valence-corrected chi connectivity index (χ4v) is 2.14. The van der Waals surface area contributed by atoms with Crippen LogP contribution in [0, 0.1) is 17.1 Å². The average Bonchev–Trinajstić information content (AvgIpc) is 2.55. The van der Waals surface area contributed by atoms with E-state index < -0.39 is 0 Å². The van der Waals surface area contributed by atoms with Crippen LogP contribution in [0.1, 0.15) is 11.1 Å². The minimum absolute atomic E-state index is 0.149. The van der Waals surface area contributed by atoms with Crippen molar-refractivity contribution in [2.75, 3.05) is 13.7 Å². The highest BCUT2D eigenvalue weighted by Crippen LogP contribution is 2.25. The van der Waals surface area contributed by atoms with E-state index in [1.165, 1.54) is 23.1 Å². The van der Waals surface area contributed by atoms with Crippen LogP contribution in [0.4, 0.5) is 4.39 Å². The number of carbonyl (C=O) groups is 1. The number of hydrogen-bond acceptors (Lipinski definition) is 3. The third-order valence-electron chi connectivity index (χ3n) is 3.20. The van der Waals surface area contributed by atoms with Gasteiger partial charge in [0, 0.05) is 19.2 Å². The Morgan fingerprint density at radius 3 is 2.74 bits per heavy atom. The summed E-state index contributed by atoms with van der Waals surface area (Å²) in [5.41, 5.74) is 0.838. The highest BCUT2D eigenvalue weighted by Gasteiger charge is 2.13. The van der Waals surface area contributed by atoms with Crippen molar-refractivity contribution < 1.29 is 13.9 Å². The van der Waals surface area contributed by atoms with E-state index in [9.17, 15) is 9.18 Å². The first kappa shape index (κ1) is 16.8. The molecule has 0 spiro atoms. The first-order valence-electron chi connectivity index (χ1n) is 6.81. The first-order valence-corrected chi connectivity index (χ1v) is 7.19. The maximum absolute atomic E-state index is 13.6. The second-order valence-electron chi connectivity index (χ2n) is 4.89. The number of rotatable bonds is 5. The Bertz CT molecular complexity index is 758. The summed E-state index contributed by atoms with van der Waals surface area (Å²) in [4.78, 5) is 13.4. The molecule has 2 aromatic rings. The number of benzene rings is 2. The molecule has 0 fully saturated rings. The van der Waals surface area contributed by atoms with Gasteiger partial charge in [-0.05, 0) is 24.3 Å². The number of likely N-dealkylation sites (N-methyl/N-ethyl adjacent to an activating group) is 1. The maximum Gasteiger partial charge on any atom is 0.260 e. The van der Waals surface area contributed by atoms with Crippen LogP contribution in [0.3, 0.4) is 0 Å². The summed E-state index contributed by atoms with van der Waals surface area (Å²) in [6.07, 6.45) is 0. The molecule has 0 bridgehead atoms. The van der Waals surface area contributed by atoms with Gasteiger partial charge in [0.1, 0.15) is 11.6 Å². The normalized spacial score (nSPS) is 10.0. The van der Waals surface area contributed by atoms with Gasteiger partial charge in [0.05, 0.1) is 16.7 Å². The van der Waals surface area contributed by atoms with Crippen LogP contribution in [0.15, 0.2) is 42.5 Å². The molecule has 1 amide bonds. The highest BCUT2D eigenvalue weighted by molar-refractivity contribution is 6.32. The van der Waals surface area contributed by atoms with E-state index in [1.54, 1.807) is 31.3 Å². The summed E-state index contributed by atoms with van der Waals surface area (Å²) in [7, 11) is 1.57. The second-order valence-corrected chi connectivity index (χ2v) is 5.29. The summed E-state index contributed by atoms with van der Waals surface area (Å²) < 4.78 is 18.9. The largest absolute Gasteiger partial charge is 0.482 e. The van der Waals surface area contributed by atoms with Gasteiger partial charge in [-0.15, -0.1) is 0 Å². The first-order chi connectivity index (χ1) is 11.0. The number of halogens is 2. The lowest BCUT2D eigenvalue weighted by atomic mass is 10.2. The minimum Gasteiger partial charge on any atom is -0.482 e. The summed E-state index contributed by atoms with van der Waals surface area (Å²) in [6, 6.07) is 12.8. The van der Waals surface area contributed by atoms with Crippen LogP contribution >= 0.6 is 11.6 Å². The zero-order valence-corrected chi connectivity index (χ0v) is 13.2. The zero-order valence-electron chi connectivity index (χ0n) is 12.4. The van der Waals surface area contributed by atoms with Crippen LogP contribution in [0.2, 0.25) is 5.02 Å². The Morgan fingerprint density at radius 1 is 1.35 bits per heavy atom. The molecule has 6 heteroatoms. The number of amides is 1. The molecule has 0 saturated heterocycles. The van der Waals surface area contributed by atoms with Crippen LogP contribution in [-0.4, -0.2) is 24.5 Å². The van der Waals surface area contributed by atoms with E-state index in [4.69, 9.17) is 21.6 Å². The molecule has 0 radical (unpaired) electrons. The topological polar surface area (TPSA) is 53.3 Å². The van der Waals surface area contributed by atoms with Crippen molar-refractivity contribution in [3.05, 3.63) is 64.4 Å². The van der Waals surface area contributed by atoms with Crippen molar-refractivity contribution in [1.82, 2.24) is 4.90 Å². The quantitative estimate of drug-likeness (QED) is 0.843. The lowest BCUT2D eigenvalue weighted by molar-refractivity contribution is -0.132. The van der Waals surface area contributed by atoms with E-state index in [2.05, 4.69) is 0 Å². The Kier molecular flexibility index (Phi) is 5.56. The van der Waals surface area contributed by atoms with E-state index in [0.29, 0.717) is 16.9 Å². The number of carbonyl (C=O) groups excluding carboxylic acids is 1. The smallest absolute Gasteiger partial charge is 0.260 e. The van der Waals surface area contributed by atoms with E-state index in [0.717, 1.165) is 0 Å². The molecule has 0 heterocycles. The Balaban J connectivity index is 1.94. The average molecular weight is 333 g/mol. The predicted molar refractivity (Wildman–Crippen MR) is 84.5 cm³/mol. The van der Waals surface area contributed by atoms with Crippen LogP contribution in [-0.2, 0) is 11.3 Å². The molecule has 0 atom stereocenters. The molecule has 0 N–H and O–H groups in total. The van der Waals surface area contributed by atoms with Crippen molar-refractivity contribution in [2.24, 2.45) is 0 Å². The number of hydrogen-bond donors (Lipinski definition) is 0. The molecule has 2 rings (SSSR count). The number of nitrogens with zero attached hydrogens (tertiary/aromatic N) is 2. The fourth-order valence-electron chi connectivity index (χ4n) is 1.91. The molecular formula is C17H14ClFN2O2. The summed E-state index contributed by atoms with van der Waals surface area (Å²) >= 11 is 5.97. The van der Waals surface area contributed by atoms with Crippen molar-refractivity contribution in [3.63, 3.8) is 0 Å². The lowest BCUT2D eigenvalue weighted by Gasteiger charge is -2.18. The molecule has 4 nitrogen and oxygen atoms in total. The van der Waals surface area contributed by atoms with E-state index in [1.807, 2.05) is 6.07 Å². The molecular weight excluding hydrogens is 319 g/mol. The van der Waals surface area contributed by atoms with Gasteiger partial charge in [0.25, 0.3) is 5.91 Å². The van der Waals surface area contributed by atoms with Crippen molar-refractivity contribution >= 4 is 17.5 Å². The van der Waals surface area contributed by atoms with Gasteiger partial charge in [-0.3, -0.25) is 4.79 Å². The van der Waals surface area contributed by atoms with Gasteiger partial charge in [0.2, 0.25) is 0 Å². The van der Waals surface area contributed by atoms with E-state index >= 15 is 0 Å². The van der Waals surface area contributed by atoms with Crippen molar-refractivity contribution in [1.29, 1.82) is 5.26 Å². The standard InChI is InChI=1S/C17H14ClFN2O2/c1-21(10-13-4-2-3-5-15(13)19)17(22)11-23-16-7-6-12(9-20)8-14(16)18/h2-8H,10-11H2,1H3. The zero-order chi connectivity index (χ0) is 16.8. The monoisotopic (exact) mass is 332 g/mol. The van der Waals surface area contributed by atoms with Gasteiger partial charge in [-0.25, -0.2) is 4.39 Å². The van der Waals surface area contributed by atoms with E-state index in [-0.39, 0.29) is 29.9 Å². The number of nitriles is 1. The van der Waals surface area contributed by atoms with Gasteiger partial charge in [0.15, 0.2) is 6.61 Å². The molecule has 2 aromatic carbocycles. The molecule has 0 aromatic heterocycles. The van der Waals surface area contributed by atoms with Gasteiger partial charge in [-0.2, -0.15) is 5.26 Å². The maximum atomic E-state index is 13.6. The van der Waals surface area contributed by atoms with Crippen molar-refractivity contribution in [2.45, 2.75) is 6.54 Å². The molecule has 23 heavy (non-hydrogen) atoms. The SMILES string of the molecule is CN(Cc1ccccc1F)C(=O)COc1ccc(C#N)cc1Cl. The predicted octanol–water partition coefficient (Wildman–Crippen LogP) is 3.39. The van der Waals surface area contributed by atoms with Gasteiger partial charge >= 0.3 is 0 Å². The van der Waals surface area contributed by atoms with Crippen molar-refractivity contribution in [3.8, 4) is 11.8 Å². The molecule has 0 aliphatic heterocycles. The Labute approximate surface area is 138 Å². The lowest BCUT2D eigenvalue weighted by Crippen LogP contribution is -2.31. The number of ether oxygens (including phenoxy) is 1. The third-order valence-corrected chi connectivity index (χ3v) is 3.50. The molecule has 0 unspecified atom stereocenters. The third kappa shape index (κ3) is 4.44. The van der Waals surface area contributed by atoms with Crippen LogP contribution < -0.4 is 4.74 Å². The highest BCUT2D eigenvalue weighted by atomic mass is 35.5. The minimum atomic E-state index is -0.358. The molecule has 118 valence electrons. The molecule has 0 saturated carbocycles. The Morgan fingerprint density at radius 2 is 2.09 bits per heavy atom. The summed E-state index contributed by atoms with van der Waals surface area (Å²) in [5, 5.41) is 9.02.